The SMILES string of the molecule is CCCNCc1cnc(N(CCC)CCN(C)C)s1. The summed E-state index contributed by atoms with van der Waals surface area (Å²) in [6.07, 6.45) is 4.36. The van der Waals surface area contributed by atoms with Crippen LogP contribution < -0.4 is 10.2 Å². The molecule has 0 spiro atoms. The van der Waals surface area contributed by atoms with Gasteiger partial charge in [-0.05, 0) is 33.5 Å². The van der Waals surface area contributed by atoms with Gasteiger partial charge in [-0.15, -0.1) is 11.3 Å². The summed E-state index contributed by atoms with van der Waals surface area (Å²) in [5.41, 5.74) is 0. The largest absolute Gasteiger partial charge is 0.347 e. The van der Waals surface area contributed by atoms with Crippen molar-refractivity contribution in [3.8, 4) is 0 Å². The van der Waals surface area contributed by atoms with Gasteiger partial charge in [-0.1, -0.05) is 13.8 Å². The smallest absolute Gasteiger partial charge is 0.185 e. The molecule has 0 aliphatic carbocycles. The molecule has 1 rings (SSSR count). The maximum absolute atomic E-state index is 4.58. The van der Waals surface area contributed by atoms with Gasteiger partial charge in [0.25, 0.3) is 0 Å². The van der Waals surface area contributed by atoms with E-state index in [1.165, 1.54) is 11.3 Å². The third-order valence-electron chi connectivity index (χ3n) is 2.85. The highest BCUT2D eigenvalue weighted by Gasteiger charge is 2.10. The van der Waals surface area contributed by atoms with E-state index in [1.54, 1.807) is 0 Å². The molecule has 0 amide bonds. The lowest BCUT2D eigenvalue weighted by atomic mass is 10.4. The van der Waals surface area contributed by atoms with Crippen LogP contribution in [0.5, 0.6) is 0 Å². The van der Waals surface area contributed by atoms with Gasteiger partial charge >= 0.3 is 0 Å². The molecule has 1 aromatic rings. The second kappa shape index (κ2) is 9.28. The zero-order valence-corrected chi connectivity index (χ0v) is 13.6. The Morgan fingerprint density at radius 1 is 1.16 bits per heavy atom. The van der Waals surface area contributed by atoms with Crippen molar-refractivity contribution in [3.05, 3.63) is 11.1 Å². The van der Waals surface area contributed by atoms with Crippen molar-refractivity contribution in [3.63, 3.8) is 0 Å². The number of thiazole rings is 1. The van der Waals surface area contributed by atoms with Gasteiger partial charge in [0.15, 0.2) is 5.13 Å². The summed E-state index contributed by atoms with van der Waals surface area (Å²) in [6.45, 7) is 9.64. The summed E-state index contributed by atoms with van der Waals surface area (Å²) >= 11 is 1.82. The fourth-order valence-electron chi connectivity index (χ4n) is 1.81. The quantitative estimate of drug-likeness (QED) is 0.669. The molecule has 1 N–H and O–H groups in total. The third-order valence-corrected chi connectivity index (χ3v) is 3.91. The molecule has 0 atom stereocenters. The molecule has 110 valence electrons. The predicted octanol–water partition coefficient (Wildman–Crippen LogP) is 2.42. The average molecular weight is 284 g/mol. The zero-order valence-electron chi connectivity index (χ0n) is 12.8. The summed E-state index contributed by atoms with van der Waals surface area (Å²) in [5.74, 6) is 0. The van der Waals surface area contributed by atoms with Crippen LogP contribution in [0.3, 0.4) is 0 Å². The van der Waals surface area contributed by atoms with Gasteiger partial charge in [0.1, 0.15) is 0 Å². The van der Waals surface area contributed by atoms with Gasteiger partial charge in [0.05, 0.1) is 0 Å². The number of nitrogens with one attached hydrogen (secondary N) is 1. The van der Waals surface area contributed by atoms with E-state index in [-0.39, 0.29) is 0 Å². The lowest BCUT2D eigenvalue weighted by Crippen LogP contribution is -2.32. The van der Waals surface area contributed by atoms with Crippen molar-refractivity contribution in [1.82, 2.24) is 15.2 Å². The minimum atomic E-state index is 0.944. The zero-order chi connectivity index (χ0) is 14.1. The van der Waals surface area contributed by atoms with Crippen molar-refractivity contribution in [2.24, 2.45) is 0 Å². The molecule has 0 fully saturated rings. The third kappa shape index (κ3) is 6.36. The van der Waals surface area contributed by atoms with Crippen LogP contribution >= 0.6 is 11.3 Å². The highest BCUT2D eigenvalue weighted by molar-refractivity contribution is 7.15. The molecule has 0 unspecified atom stereocenters. The van der Waals surface area contributed by atoms with Gasteiger partial charge in [-0.3, -0.25) is 0 Å². The van der Waals surface area contributed by atoms with E-state index in [2.05, 4.69) is 48.0 Å². The molecular weight excluding hydrogens is 256 g/mol. The Labute approximate surface area is 121 Å². The predicted molar refractivity (Wildman–Crippen MR) is 85.2 cm³/mol. The number of likely N-dealkylation sites (N-methyl/N-ethyl adjacent to an activating group) is 1. The number of hydrogen-bond acceptors (Lipinski definition) is 5. The Balaban J connectivity index is 2.53. The van der Waals surface area contributed by atoms with Crippen LogP contribution in [0.25, 0.3) is 0 Å². The second-order valence-electron chi connectivity index (χ2n) is 5.08. The first-order chi connectivity index (χ1) is 9.17. The van der Waals surface area contributed by atoms with E-state index in [0.717, 1.165) is 44.3 Å². The Hall–Kier alpha value is -0.650. The molecule has 0 aliphatic rings. The molecule has 4 nitrogen and oxygen atoms in total. The summed E-state index contributed by atoms with van der Waals surface area (Å²) < 4.78 is 0. The molecule has 0 saturated carbocycles. The van der Waals surface area contributed by atoms with Gasteiger partial charge < -0.3 is 15.1 Å². The molecule has 0 aliphatic heterocycles. The fraction of sp³-hybridized carbons (Fsp3) is 0.786. The maximum atomic E-state index is 4.58. The standard InChI is InChI=1S/C14H28N4S/c1-5-7-15-11-13-12-16-14(19-13)18(8-6-2)10-9-17(3)4/h12,15H,5-11H2,1-4H3. The van der Waals surface area contributed by atoms with Gasteiger partial charge in [0.2, 0.25) is 0 Å². The number of nitrogens with zero attached hydrogens (tertiary/aromatic N) is 3. The average Bonchev–Trinajstić information content (AvgIpc) is 2.83. The van der Waals surface area contributed by atoms with E-state index in [4.69, 9.17) is 0 Å². The van der Waals surface area contributed by atoms with Crippen LogP contribution in [0.15, 0.2) is 6.20 Å². The van der Waals surface area contributed by atoms with Gasteiger partial charge in [0, 0.05) is 37.3 Å². The van der Waals surface area contributed by atoms with E-state index in [0.29, 0.717) is 0 Å². The molecule has 19 heavy (non-hydrogen) atoms. The first-order valence-electron chi connectivity index (χ1n) is 7.22. The Bertz CT molecular complexity index is 338. The minimum absolute atomic E-state index is 0.944. The van der Waals surface area contributed by atoms with Crippen molar-refractivity contribution in [2.45, 2.75) is 33.2 Å². The van der Waals surface area contributed by atoms with Gasteiger partial charge in [-0.25, -0.2) is 4.98 Å². The van der Waals surface area contributed by atoms with Crippen molar-refractivity contribution in [2.75, 3.05) is 45.2 Å². The number of anilines is 1. The number of aromatic nitrogens is 1. The molecule has 0 radical (unpaired) electrons. The van der Waals surface area contributed by atoms with Crippen LogP contribution in [-0.2, 0) is 6.54 Å². The Kier molecular flexibility index (Phi) is 8.02. The van der Waals surface area contributed by atoms with Gasteiger partial charge in [-0.2, -0.15) is 0 Å². The summed E-state index contributed by atoms with van der Waals surface area (Å²) in [6, 6.07) is 0. The molecule has 0 saturated heterocycles. The van der Waals surface area contributed by atoms with Crippen molar-refractivity contribution < 1.29 is 0 Å². The van der Waals surface area contributed by atoms with E-state index in [9.17, 15) is 0 Å². The van der Waals surface area contributed by atoms with E-state index >= 15 is 0 Å². The lowest BCUT2D eigenvalue weighted by Gasteiger charge is -2.23. The highest BCUT2D eigenvalue weighted by atomic mass is 32.1. The maximum Gasteiger partial charge on any atom is 0.185 e. The summed E-state index contributed by atoms with van der Waals surface area (Å²) in [7, 11) is 4.23. The Morgan fingerprint density at radius 2 is 1.95 bits per heavy atom. The van der Waals surface area contributed by atoms with E-state index in [1.807, 2.05) is 17.5 Å². The number of hydrogen-bond donors (Lipinski definition) is 1. The highest BCUT2D eigenvalue weighted by Crippen LogP contribution is 2.22. The minimum Gasteiger partial charge on any atom is -0.347 e. The van der Waals surface area contributed by atoms with Crippen LogP contribution in [0.4, 0.5) is 5.13 Å². The van der Waals surface area contributed by atoms with Crippen molar-refractivity contribution >= 4 is 16.5 Å². The molecule has 0 aromatic carbocycles. The lowest BCUT2D eigenvalue weighted by molar-refractivity contribution is 0.413. The fourth-order valence-corrected chi connectivity index (χ4v) is 2.74. The summed E-state index contributed by atoms with van der Waals surface area (Å²) in [4.78, 5) is 10.5. The van der Waals surface area contributed by atoms with Crippen LogP contribution in [-0.4, -0.2) is 50.2 Å². The van der Waals surface area contributed by atoms with Crippen LogP contribution in [0.2, 0.25) is 0 Å². The molecule has 0 bridgehead atoms. The second-order valence-corrected chi connectivity index (χ2v) is 6.17. The van der Waals surface area contributed by atoms with Crippen molar-refractivity contribution in [1.29, 1.82) is 0 Å². The van der Waals surface area contributed by atoms with Crippen LogP contribution in [0, 0.1) is 0 Å². The van der Waals surface area contributed by atoms with E-state index < -0.39 is 0 Å². The number of rotatable bonds is 10. The molecule has 1 heterocycles. The topological polar surface area (TPSA) is 31.4 Å². The monoisotopic (exact) mass is 284 g/mol. The Morgan fingerprint density at radius 3 is 2.58 bits per heavy atom. The normalized spacial score (nSPS) is 11.2. The first kappa shape index (κ1) is 16.4. The first-order valence-corrected chi connectivity index (χ1v) is 8.04. The van der Waals surface area contributed by atoms with Crippen LogP contribution in [0.1, 0.15) is 31.6 Å². The molecule has 1 aromatic heterocycles. The summed E-state index contributed by atoms with van der Waals surface area (Å²) in [5, 5.41) is 4.59. The molecular formula is C14H28N4S. The molecule has 5 heteroatoms.